The summed E-state index contributed by atoms with van der Waals surface area (Å²) in [6.45, 7) is 3.70. The van der Waals surface area contributed by atoms with Crippen molar-refractivity contribution < 1.29 is 33.0 Å². The molecule has 0 spiro atoms. The molecule has 3 amide bonds. The second kappa shape index (κ2) is 11.8. The number of nitrogens with zero attached hydrogens (tertiary/aromatic N) is 2. The second-order valence-corrected chi connectivity index (χ2v) is 9.34. The van der Waals surface area contributed by atoms with Crippen molar-refractivity contribution in [2.45, 2.75) is 13.5 Å². The summed E-state index contributed by atoms with van der Waals surface area (Å²) in [4.78, 5) is 40.6. The molecule has 36 heavy (non-hydrogen) atoms. The van der Waals surface area contributed by atoms with Gasteiger partial charge in [-0.25, -0.2) is 4.39 Å². The van der Waals surface area contributed by atoms with Crippen LogP contribution in [0.25, 0.3) is 6.08 Å². The van der Waals surface area contributed by atoms with Gasteiger partial charge in [-0.1, -0.05) is 23.7 Å². The Morgan fingerprint density at radius 3 is 2.58 bits per heavy atom. The van der Waals surface area contributed by atoms with Crippen molar-refractivity contribution in [3.63, 3.8) is 0 Å². The van der Waals surface area contributed by atoms with Gasteiger partial charge in [-0.15, -0.1) is 0 Å². The van der Waals surface area contributed by atoms with Gasteiger partial charge in [0.1, 0.15) is 19.0 Å². The maximum Gasteiger partial charge on any atom is 0.294 e. The van der Waals surface area contributed by atoms with Crippen molar-refractivity contribution in [1.29, 1.82) is 0 Å². The van der Waals surface area contributed by atoms with E-state index in [0.29, 0.717) is 50.0 Å². The Morgan fingerprint density at radius 1 is 1.17 bits per heavy atom. The first-order chi connectivity index (χ1) is 17.4. The topological polar surface area (TPSA) is 85.4 Å². The molecule has 2 fully saturated rings. The van der Waals surface area contributed by atoms with Crippen molar-refractivity contribution in [3.8, 4) is 11.5 Å². The molecule has 0 aliphatic carbocycles. The van der Waals surface area contributed by atoms with Crippen LogP contribution in [-0.4, -0.2) is 66.3 Å². The zero-order valence-electron chi connectivity index (χ0n) is 19.5. The minimum absolute atomic E-state index is 0.148. The summed E-state index contributed by atoms with van der Waals surface area (Å²) in [5.41, 5.74) is 1.28. The fraction of sp³-hybridized carbons (Fsp3) is 0.320. The third kappa shape index (κ3) is 6.18. The highest BCUT2D eigenvalue weighted by molar-refractivity contribution is 8.18. The number of hydrogen-bond acceptors (Lipinski definition) is 7. The van der Waals surface area contributed by atoms with E-state index in [1.54, 1.807) is 36.1 Å². The molecule has 2 aromatic rings. The quantitative estimate of drug-likeness (QED) is 0.465. The molecule has 2 aromatic carbocycles. The summed E-state index contributed by atoms with van der Waals surface area (Å²) in [6, 6.07) is 9.15. The Hall–Kier alpha value is -3.08. The number of imide groups is 1. The number of thioether (sulfide) groups is 1. The fourth-order valence-electron chi connectivity index (χ4n) is 3.65. The Morgan fingerprint density at radius 2 is 1.89 bits per heavy atom. The van der Waals surface area contributed by atoms with Crippen LogP contribution < -0.4 is 9.47 Å². The van der Waals surface area contributed by atoms with E-state index in [1.807, 2.05) is 0 Å². The van der Waals surface area contributed by atoms with E-state index in [0.717, 1.165) is 22.2 Å². The Bertz CT molecular complexity index is 1180. The Kier molecular flexibility index (Phi) is 8.50. The third-order valence-corrected chi connectivity index (χ3v) is 6.64. The number of rotatable bonds is 8. The van der Waals surface area contributed by atoms with E-state index in [1.165, 1.54) is 18.2 Å². The van der Waals surface area contributed by atoms with Gasteiger partial charge in [-0.3, -0.25) is 19.3 Å². The molecule has 0 radical (unpaired) electrons. The molecule has 0 saturated carbocycles. The van der Waals surface area contributed by atoms with Gasteiger partial charge in [0.05, 0.1) is 29.7 Å². The van der Waals surface area contributed by atoms with Gasteiger partial charge < -0.3 is 19.1 Å². The maximum atomic E-state index is 13.2. The molecule has 11 heteroatoms. The predicted molar refractivity (Wildman–Crippen MR) is 133 cm³/mol. The molecule has 8 nitrogen and oxygen atoms in total. The summed E-state index contributed by atoms with van der Waals surface area (Å²) in [7, 11) is 0. The SMILES string of the molecule is CCOc1cc(/C=C2\SC(=O)N(CC(=O)N3CCOCC3)C2=O)cc(Cl)c1OCc1ccc(F)cc1. The molecule has 2 heterocycles. The number of hydrogen-bond donors (Lipinski definition) is 0. The van der Waals surface area contributed by atoms with Crippen LogP contribution >= 0.6 is 23.4 Å². The third-order valence-electron chi connectivity index (χ3n) is 5.46. The van der Waals surface area contributed by atoms with Crippen molar-refractivity contribution in [2.24, 2.45) is 0 Å². The van der Waals surface area contributed by atoms with Gasteiger partial charge in [-0.2, -0.15) is 0 Å². The van der Waals surface area contributed by atoms with Gasteiger partial charge in [-0.05, 0) is 60.2 Å². The summed E-state index contributed by atoms with van der Waals surface area (Å²) in [5.74, 6) is -0.515. The normalized spacial score (nSPS) is 17.1. The first kappa shape index (κ1) is 26.0. The minimum Gasteiger partial charge on any atom is -0.490 e. The van der Waals surface area contributed by atoms with Crippen LogP contribution in [-0.2, 0) is 20.9 Å². The molecule has 2 aliphatic rings. The van der Waals surface area contributed by atoms with Crippen molar-refractivity contribution >= 4 is 46.5 Å². The lowest BCUT2D eigenvalue weighted by molar-refractivity contribution is -0.139. The molecule has 0 N–H and O–H groups in total. The first-order valence-corrected chi connectivity index (χ1v) is 12.5. The number of ether oxygens (including phenoxy) is 3. The molecule has 2 aliphatic heterocycles. The molecule has 0 atom stereocenters. The van der Waals surface area contributed by atoms with Gasteiger partial charge in [0.2, 0.25) is 5.91 Å². The lowest BCUT2D eigenvalue weighted by Crippen LogP contribution is -2.46. The van der Waals surface area contributed by atoms with Crippen LogP contribution in [0.5, 0.6) is 11.5 Å². The monoisotopic (exact) mass is 534 g/mol. The van der Waals surface area contributed by atoms with Crippen LogP contribution in [0.15, 0.2) is 41.3 Å². The van der Waals surface area contributed by atoms with E-state index in [4.69, 9.17) is 25.8 Å². The van der Waals surface area contributed by atoms with Crippen LogP contribution in [0.1, 0.15) is 18.1 Å². The summed E-state index contributed by atoms with van der Waals surface area (Å²) < 4.78 is 29.9. The lowest BCUT2D eigenvalue weighted by atomic mass is 10.1. The largest absolute Gasteiger partial charge is 0.490 e. The van der Waals surface area contributed by atoms with Crippen molar-refractivity contribution in [2.75, 3.05) is 39.5 Å². The Labute approximate surface area is 216 Å². The highest BCUT2D eigenvalue weighted by atomic mass is 35.5. The first-order valence-electron chi connectivity index (χ1n) is 11.3. The molecular formula is C25H24ClFN2O6S. The number of benzene rings is 2. The minimum atomic E-state index is -0.544. The van der Waals surface area contributed by atoms with Crippen LogP contribution in [0.3, 0.4) is 0 Å². The maximum absolute atomic E-state index is 13.2. The van der Waals surface area contributed by atoms with E-state index >= 15 is 0 Å². The highest BCUT2D eigenvalue weighted by Crippen LogP contribution is 2.39. The van der Waals surface area contributed by atoms with Gasteiger partial charge in [0, 0.05) is 13.1 Å². The number of carbonyl (C=O) groups excluding carboxylic acids is 3. The average molecular weight is 535 g/mol. The predicted octanol–water partition coefficient (Wildman–Crippen LogP) is 4.35. The smallest absolute Gasteiger partial charge is 0.294 e. The Balaban J connectivity index is 1.50. The fourth-order valence-corrected chi connectivity index (χ4v) is 4.76. The highest BCUT2D eigenvalue weighted by Gasteiger charge is 2.37. The molecule has 0 unspecified atom stereocenters. The number of morpholine rings is 1. The summed E-state index contributed by atoms with van der Waals surface area (Å²) in [5, 5.41) is -0.265. The zero-order chi connectivity index (χ0) is 25.7. The second-order valence-electron chi connectivity index (χ2n) is 7.94. The van der Waals surface area contributed by atoms with Gasteiger partial charge in [0.25, 0.3) is 11.1 Å². The standard InChI is InChI=1S/C25H24ClFN2O6S/c1-2-34-20-12-17(11-19(26)23(20)35-15-16-3-5-18(27)6-4-16)13-21-24(31)29(25(32)36-21)14-22(30)28-7-9-33-10-8-28/h3-6,11-13H,2,7-10,14-15H2,1H3/b21-13-. The molecule has 0 bridgehead atoms. The lowest BCUT2D eigenvalue weighted by Gasteiger charge is -2.28. The molecule has 190 valence electrons. The average Bonchev–Trinajstić information content (AvgIpc) is 3.12. The van der Waals surface area contributed by atoms with Gasteiger partial charge >= 0.3 is 0 Å². The van der Waals surface area contributed by atoms with E-state index in [9.17, 15) is 18.8 Å². The zero-order valence-corrected chi connectivity index (χ0v) is 21.1. The molecular weight excluding hydrogens is 511 g/mol. The van der Waals surface area contributed by atoms with Crippen LogP contribution in [0.2, 0.25) is 5.02 Å². The number of carbonyl (C=O) groups is 3. The summed E-state index contributed by atoms with van der Waals surface area (Å²) in [6.07, 6.45) is 1.53. The van der Waals surface area contributed by atoms with E-state index < -0.39 is 11.1 Å². The van der Waals surface area contributed by atoms with Crippen molar-refractivity contribution in [3.05, 3.63) is 63.3 Å². The molecule has 4 rings (SSSR count). The van der Waals surface area contributed by atoms with Gasteiger partial charge in [0.15, 0.2) is 11.5 Å². The molecule has 2 saturated heterocycles. The van der Waals surface area contributed by atoms with Crippen LogP contribution in [0.4, 0.5) is 9.18 Å². The van der Waals surface area contributed by atoms with Crippen molar-refractivity contribution in [1.82, 2.24) is 9.80 Å². The van der Waals surface area contributed by atoms with Crippen LogP contribution in [0, 0.1) is 5.82 Å². The number of amides is 3. The number of halogens is 2. The summed E-state index contributed by atoms with van der Waals surface area (Å²) >= 11 is 7.23. The van der Waals surface area contributed by atoms with E-state index in [-0.39, 0.29) is 34.8 Å². The molecule has 0 aromatic heterocycles. The van der Waals surface area contributed by atoms with E-state index in [2.05, 4.69) is 0 Å².